The van der Waals surface area contributed by atoms with Gasteiger partial charge in [-0.05, 0) is 39.8 Å². The van der Waals surface area contributed by atoms with Gasteiger partial charge in [0.25, 0.3) is 5.56 Å². The van der Waals surface area contributed by atoms with Crippen molar-refractivity contribution in [1.29, 1.82) is 0 Å². The van der Waals surface area contributed by atoms with Crippen molar-refractivity contribution in [1.82, 2.24) is 14.9 Å². The maximum Gasteiger partial charge on any atom is 0.261 e. The number of phenols is 2. The van der Waals surface area contributed by atoms with Crippen LogP contribution in [0.5, 0.6) is 17.2 Å². The van der Waals surface area contributed by atoms with E-state index in [0.717, 1.165) is 6.08 Å². The minimum atomic E-state index is -1.59. The number of nitrogens with one attached hydrogen (secondary N) is 1. The van der Waals surface area contributed by atoms with Gasteiger partial charge in [0.2, 0.25) is 0 Å². The zero-order chi connectivity index (χ0) is 27.5. The topological polar surface area (TPSA) is 148 Å². The third-order valence-corrected chi connectivity index (χ3v) is 7.23. The molecule has 1 aliphatic carbocycles. The smallest absolute Gasteiger partial charge is 0.261 e. The van der Waals surface area contributed by atoms with Crippen molar-refractivity contribution >= 4 is 28.3 Å². The number of carbonyl (C=O) groups is 3. The first-order valence-electron chi connectivity index (χ1n) is 12.0. The monoisotopic (exact) mass is 515 g/mol. The SMILES string of the molecule is CC(=O)c1c(O)c(C)c(O)c2c1OC1=CC(=O)C(=C(C)NCCn3cnc4ccccc4c3=O)C(=O)[C@@]12C. The second-order valence-electron chi connectivity index (χ2n) is 9.57. The molecule has 5 rings (SSSR count). The van der Waals surface area contributed by atoms with Gasteiger partial charge in [-0.2, -0.15) is 0 Å². The highest BCUT2D eigenvalue weighted by Crippen LogP contribution is 2.57. The maximum absolute atomic E-state index is 13.8. The number of para-hydroxylation sites is 1. The number of ether oxygens (including phenoxy) is 1. The summed E-state index contributed by atoms with van der Waals surface area (Å²) in [5.74, 6) is -2.74. The molecule has 1 aliphatic heterocycles. The van der Waals surface area contributed by atoms with E-state index < -0.39 is 28.5 Å². The van der Waals surface area contributed by atoms with Gasteiger partial charge in [-0.1, -0.05) is 12.1 Å². The predicted molar refractivity (Wildman–Crippen MR) is 137 cm³/mol. The minimum Gasteiger partial charge on any atom is -0.507 e. The molecule has 2 aliphatic rings. The van der Waals surface area contributed by atoms with Gasteiger partial charge in [-0.3, -0.25) is 23.7 Å². The fourth-order valence-electron chi connectivity index (χ4n) is 5.08. The number of hydrogen-bond donors (Lipinski definition) is 3. The van der Waals surface area contributed by atoms with E-state index in [1.165, 1.54) is 31.7 Å². The van der Waals surface area contributed by atoms with Gasteiger partial charge in [-0.25, -0.2) is 4.98 Å². The summed E-state index contributed by atoms with van der Waals surface area (Å²) < 4.78 is 7.21. The number of phenolic OH excluding ortho intramolecular Hbond substituents is 2. The second-order valence-corrected chi connectivity index (χ2v) is 9.57. The lowest BCUT2D eigenvalue weighted by molar-refractivity contribution is -0.123. The van der Waals surface area contributed by atoms with Crippen LogP contribution in [0.15, 0.2) is 58.5 Å². The molecule has 1 aromatic heterocycles. The number of Topliss-reactive ketones (excluding diaryl/α,β-unsaturated/α-hetero) is 2. The summed E-state index contributed by atoms with van der Waals surface area (Å²) in [5, 5.41) is 24.9. The van der Waals surface area contributed by atoms with E-state index in [9.17, 15) is 29.4 Å². The van der Waals surface area contributed by atoms with Crippen molar-refractivity contribution in [3.8, 4) is 17.2 Å². The summed E-state index contributed by atoms with van der Waals surface area (Å²) in [6.07, 6.45) is 2.61. The Morgan fingerprint density at radius 3 is 2.55 bits per heavy atom. The average molecular weight is 516 g/mol. The lowest BCUT2D eigenvalue weighted by Crippen LogP contribution is -2.41. The largest absolute Gasteiger partial charge is 0.507 e. The van der Waals surface area contributed by atoms with Gasteiger partial charge in [-0.15, -0.1) is 0 Å². The highest BCUT2D eigenvalue weighted by atomic mass is 16.5. The lowest BCUT2D eigenvalue weighted by Gasteiger charge is -2.29. The normalized spacial score (nSPS) is 19.5. The summed E-state index contributed by atoms with van der Waals surface area (Å²) in [7, 11) is 0. The van der Waals surface area contributed by atoms with Crippen LogP contribution in [-0.4, -0.2) is 43.7 Å². The quantitative estimate of drug-likeness (QED) is 0.265. The number of allylic oxidation sites excluding steroid dienone is 4. The number of hydrogen-bond acceptors (Lipinski definition) is 9. The third-order valence-electron chi connectivity index (χ3n) is 7.23. The molecule has 0 fully saturated rings. The maximum atomic E-state index is 13.8. The third kappa shape index (κ3) is 3.44. The Kier molecular flexibility index (Phi) is 5.70. The molecule has 0 unspecified atom stereocenters. The van der Waals surface area contributed by atoms with Crippen LogP contribution in [0.1, 0.15) is 42.3 Å². The number of nitrogens with zero attached hydrogens (tertiary/aromatic N) is 2. The molecule has 0 radical (unpaired) electrons. The number of carbonyl (C=O) groups excluding carboxylic acids is 3. The average Bonchev–Trinajstić information content (AvgIpc) is 3.17. The van der Waals surface area contributed by atoms with Crippen LogP contribution in [0.25, 0.3) is 10.9 Å². The molecule has 194 valence electrons. The van der Waals surface area contributed by atoms with Crippen LogP contribution in [0.4, 0.5) is 0 Å². The molecule has 3 aromatic rings. The first-order chi connectivity index (χ1) is 18.0. The number of fused-ring (bicyclic) bond motifs is 4. The van der Waals surface area contributed by atoms with Crippen LogP contribution in [-0.2, 0) is 21.5 Å². The molecule has 0 amide bonds. The Balaban J connectivity index is 1.49. The van der Waals surface area contributed by atoms with Crippen LogP contribution < -0.4 is 15.6 Å². The zero-order valence-corrected chi connectivity index (χ0v) is 21.2. The molecular weight excluding hydrogens is 490 g/mol. The standard InChI is InChI=1S/C28H25N3O7/c1-13-23(34)21(15(3)32)25-22(24(13)35)28(4)19(38-25)11-18(33)20(26(28)36)14(2)29-9-10-31-12-30-17-8-6-5-7-16(17)27(31)37/h5-8,11-12,29,34-35H,9-10H2,1-4H3/t28-/m0/s1. The first-order valence-corrected chi connectivity index (χ1v) is 12.0. The van der Waals surface area contributed by atoms with Crippen molar-refractivity contribution in [2.45, 2.75) is 39.7 Å². The Bertz CT molecular complexity index is 1710. The first kappa shape index (κ1) is 24.9. The molecule has 0 saturated heterocycles. The molecule has 0 spiro atoms. The molecule has 10 heteroatoms. The van der Waals surface area contributed by atoms with Gasteiger partial charge in [0, 0.05) is 30.4 Å². The van der Waals surface area contributed by atoms with E-state index in [1.54, 1.807) is 31.2 Å². The van der Waals surface area contributed by atoms with Crippen LogP contribution >= 0.6 is 0 Å². The number of aromatic nitrogens is 2. The molecule has 2 heterocycles. The summed E-state index contributed by atoms with van der Waals surface area (Å²) >= 11 is 0. The van der Waals surface area contributed by atoms with Gasteiger partial charge >= 0.3 is 0 Å². The second kappa shape index (κ2) is 8.69. The summed E-state index contributed by atoms with van der Waals surface area (Å²) in [6.45, 7) is 6.20. The van der Waals surface area contributed by atoms with Crippen molar-refractivity contribution < 1.29 is 29.3 Å². The van der Waals surface area contributed by atoms with E-state index in [-0.39, 0.29) is 63.9 Å². The van der Waals surface area contributed by atoms with Crippen LogP contribution in [0, 0.1) is 6.92 Å². The molecule has 0 saturated carbocycles. The van der Waals surface area contributed by atoms with E-state index >= 15 is 0 Å². The van der Waals surface area contributed by atoms with E-state index in [0.29, 0.717) is 10.9 Å². The number of aromatic hydroxyl groups is 2. The fraction of sp³-hybridized carbons (Fsp3) is 0.250. The predicted octanol–water partition coefficient (Wildman–Crippen LogP) is 2.57. The fourth-order valence-corrected chi connectivity index (χ4v) is 5.08. The van der Waals surface area contributed by atoms with Gasteiger partial charge in [0.15, 0.2) is 17.3 Å². The summed E-state index contributed by atoms with van der Waals surface area (Å²) in [5.41, 5.74) is -1.16. The highest BCUT2D eigenvalue weighted by Gasteiger charge is 2.56. The Hall–Kier alpha value is -4.73. The van der Waals surface area contributed by atoms with Gasteiger partial charge in [0.1, 0.15) is 34.0 Å². The Morgan fingerprint density at radius 1 is 1.13 bits per heavy atom. The molecule has 0 bridgehead atoms. The van der Waals surface area contributed by atoms with Gasteiger partial charge in [0.05, 0.1) is 28.4 Å². The molecule has 1 atom stereocenters. The van der Waals surface area contributed by atoms with Crippen molar-refractivity contribution in [2.75, 3.05) is 6.54 Å². The zero-order valence-electron chi connectivity index (χ0n) is 21.2. The Labute approximate surface area is 216 Å². The molecule has 2 aromatic carbocycles. The molecular formula is C28H25N3O7. The van der Waals surface area contributed by atoms with Gasteiger partial charge < -0.3 is 20.3 Å². The molecule has 38 heavy (non-hydrogen) atoms. The number of rotatable bonds is 5. The highest BCUT2D eigenvalue weighted by molar-refractivity contribution is 6.31. The minimum absolute atomic E-state index is 0.0273. The molecule has 10 nitrogen and oxygen atoms in total. The lowest BCUT2D eigenvalue weighted by atomic mass is 9.70. The number of ketones is 3. The van der Waals surface area contributed by atoms with Crippen LogP contribution in [0.2, 0.25) is 0 Å². The number of benzene rings is 2. The van der Waals surface area contributed by atoms with E-state index in [2.05, 4.69) is 10.3 Å². The van der Waals surface area contributed by atoms with Crippen molar-refractivity contribution in [2.24, 2.45) is 0 Å². The molecule has 3 N–H and O–H groups in total. The van der Waals surface area contributed by atoms with E-state index in [4.69, 9.17) is 4.74 Å². The van der Waals surface area contributed by atoms with Crippen molar-refractivity contribution in [3.05, 3.63) is 80.7 Å². The van der Waals surface area contributed by atoms with Crippen molar-refractivity contribution in [3.63, 3.8) is 0 Å². The van der Waals surface area contributed by atoms with E-state index in [1.807, 2.05) is 0 Å². The summed E-state index contributed by atoms with van der Waals surface area (Å²) in [4.78, 5) is 56.2. The Morgan fingerprint density at radius 2 is 1.84 bits per heavy atom. The summed E-state index contributed by atoms with van der Waals surface area (Å²) in [6, 6.07) is 7.01. The van der Waals surface area contributed by atoms with Crippen LogP contribution in [0.3, 0.4) is 0 Å².